The molecule has 0 fully saturated rings. The third kappa shape index (κ3) is 2.60. The number of hydrogen-bond donors (Lipinski definition) is 1. The highest BCUT2D eigenvalue weighted by Crippen LogP contribution is 2.31. The Hall–Kier alpha value is -1.51. The van der Waals surface area contributed by atoms with Gasteiger partial charge in [-0.2, -0.15) is 0 Å². The summed E-state index contributed by atoms with van der Waals surface area (Å²) in [6.07, 6.45) is 5.39. The van der Waals surface area contributed by atoms with Gasteiger partial charge in [-0.25, -0.2) is 0 Å². The average Bonchev–Trinajstić information content (AvgIpc) is 2.38. The van der Waals surface area contributed by atoms with Gasteiger partial charge in [-0.3, -0.25) is 4.79 Å². The summed E-state index contributed by atoms with van der Waals surface area (Å²) in [7, 11) is 1.41. The summed E-state index contributed by atoms with van der Waals surface area (Å²) >= 11 is 0. The Balaban J connectivity index is 2.20. The van der Waals surface area contributed by atoms with Gasteiger partial charge >= 0.3 is 5.97 Å². The zero-order chi connectivity index (χ0) is 12.3. The fraction of sp³-hybridized carbons (Fsp3) is 0.500. The summed E-state index contributed by atoms with van der Waals surface area (Å²) in [6.45, 7) is 0. The van der Waals surface area contributed by atoms with Crippen molar-refractivity contribution in [1.29, 1.82) is 0 Å². The van der Waals surface area contributed by atoms with Gasteiger partial charge in [-0.05, 0) is 54.9 Å². The molecule has 1 aromatic rings. The van der Waals surface area contributed by atoms with Crippen LogP contribution in [0.25, 0.3) is 0 Å². The van der Waals surface area contributed by atoms with Gasteiger partial charge in [0.05, 0.1) is 7.11 Å². The van der Waals surface area contributed by atoms with E-state index >= 15 is 0 Å². The first-order valence-corrected chi connectivity index (χ1v) is 6.12. The van der Waals surface area contributed by atoms with Gasteiger partial charge < -0.3 is 9.84 Å². The Labute approximate surface area is 101 Å². The highest BCUT2D eigenvalue weighted by molar-refractivity contribution is 5.69. The molecular weight excluding hydrogens is 216 g/mol. The molecule has 17 heavy (non-hydrogen) atoms. The maximum Gasteiger partial charge on any atom is 0.305 e. The number of aromatic hydroxyl groups is 1. The van der Waals surface area contributed by atoms with E-state index in [0.717, 1.165) is 24.8 Å². The van der Waals surface area contributed by atoms with E-state index < -0.39 is 0 Å². The molecule has 92 valence electrons. The van der Waals surface area contributed by atoms with Gasteiger partial charge in [0.2, 0.25) is 0 Å². The molecule has 0 amide bonds. The lowest BCUT2D eigenvalue weighted by molar-refractivity contribution is -0.140. The highest BCUT2D eigenvalue weighted by Gasteiger charge is 2.17. The Bertz CT molecular complexity index is 424. The lowest BCUT2D eigenvalue weighted by atomic mass is 9.86. The van der Waals surface area contributed by atoms with Crippen LogP contribution in [0.4, 0.5) is 0 Å². The molecule has 0 saturated carbocycles. The summed E-state index contributed by atoms with van der Waals surface area (Å²) in [6, 6.07) is 3.68. The monoisotopic (exact) mass is 234 g/mol. The molecular formula is C14H18O3. The molecule has 1 N–H and O–H groups in total. The summed E-state index contributed by atoms with van der Waals surface area (Å²) in [5, 5.41) is 9.81. The Morgan fingerprint density at radius 3 is 2.71 bits per heavy atom. The van der Waals surface area contributed by atoms with E-state index in [0.29, 0.717) is 18.6 Å². The number of fused-ring (bicyclic) bond motifs is 1. The van der Waals surface area contributed by atoms with Crippen LogP contribution in [0.15, 0.2) is 12.1 Å². The minimum atomic E-state index is -0.178. The first-order chi connectivity index (χ1) is 8.22. The van der Waals surface area contributed by atoms with Crippen molar-refractivity contribution >= 4 is 5.97 Å². The van der Waals surface area contributed by atoms with E-state index in [-0.39, 0.29) is 5.97 Å². The topological polar surface area (TPSA) is 46.5 Å². The molecule has 0 saturated heterocycles. The first kappa shape index (κ1) is 12.0. The number of hydrogen-bond acceptors (Lipinski definition) is 3. The molecule has 0 spiro atoms. The average molecular weight is 234 g/mol. The lowest BCUT2D eigenvalue weighted by Crippen LogP contribution is -2.09. The van der Waals surface area contributed by atoms with Crippen molar-refractivity contribution < 1.29 is 14.6 Å². The molecule has 3 heteroatoms. The normalized spacial score (nSPS) is 14.2. The summed E-state index contributed by atoms with van der Waals surface area (Å²) in [5.74, 6) is 0.226. The van der Waals surface area contributed by atoms with Crippen LogP contribution >= 0.6 is 0 Å². The van der Waals surface area contributed by atoms with Crippen LogP contribution in [0.1, 0.15) is 36.0 Å². The van der Waals surface area contributed by atoms with Crippen LogP contribution in [0.2, 0.25) is 0 Å². The van der Waals surface area contributed by atoms with Crippen LogP contribution in [-0.4, -0.2) is 18.2 Å². The van der Waals surface area contributed by atoms with E-state index in [1.54, 1.807) is 6.07 Å². The quantitative estimate of drug-likeness (QED) is 0.817. The minimum absolute atomic E-state index is 0.178. The molecule has 1 aliphatic rings. The van der Waals surface area contributed by atoms with Crippen LogP contribution < -0.4 is 0 Å². The van der Waals surface area contributed by atoms with Crippen molar-refractivity contribution in [3.8, 4) is 5.75 Å². The largest absolute Gasteiger partial charge is 0.508 e. The molecule has 3 nitrogen and oxygen atoms in total. The van der Waals surface area contributed by atoms with Crippen molar-refractivity contribution in [3.63, 3.8) is 0 Å². The zero-order valence-corrected chi connectivity index (χ0v) is 10.2. The fourth-order valence-electron chi connectivity index (χ4n) is 2.50. The first-order valence-electron chi connectivity index (χ1n) is 6.12. The zero-order valence-electron chi connectivity index (χ0n) is 10.2. The van der Waals surface area contributed by atoms with Gasteiger partial charge in [0.25, 0.3) is 0 Å². The predicted molar refractivity (Wildman–Crippen MR) is 65.1 cm³/mol. The predicted octanol–water partition coefficient (Wildman–Crippen LogP) is 2.38. The number of methoxy groups -OCH3 is 1. The Morgan fingerprint density at radius 1 is 1.29 bits per heavy atom. The summed E-state index contributed by atoms with van der Waals surface area (Å²) in [4.78, 5) is 11.1. The summed E-state index contributed by atoms with van der Waals surface area (Å²) in [5.41, 5.74) is 3.52. The second-order valence-electron chi connectivity index (χ2n) is 4.48. The smallest absolute Gasteiger partial charge is 0.305 e. The van der Waals surface area contributed by atoms with Crippen molar-refractivity contribution in [2.45, 2.75) is 38.5 Å². The molecule has 1 aromatic carbocycles. The summed E-state index contributed by atoms with van der Waals surface area (Å²) < 4.78 is 4.65. The van der Waals surface area contributed by atoms with Crippen molar-refractivity contribution in [3.05, 3.63) is 28.8 Å². The number of ether oxygens (including phenoxy) is 1. The standard InChI is InChI=1S/C14H18O3/c1-17-14(16)9-7-10-6-8-13(15)12-5-3-2-4-11(10)12/h6,8,15H,2-5,7,9H2,1H3. The van der Waals surface area contributed by atoms with E-state index in [1.807, 2.05) is 6.07 Å². The Morgan fingerprint density at radius 2 is 2.00 bits per heavy atom. The minimum Gasteiger partial charge on any atom is -0.508 e. The van der Waals surface area contributed by atoms with Gasteiger partial charge in [-0.1, -0.05) is 6.07 Å². The molecule has 0 aliphatic heterocycles. The fourth-order valence-corrected chi connectivity index (χ4v) is 2.50. The van der Waals surface area contributed by atoms with E-state index in [1.165, 1.54) is 24.7 Å². The number of aryl methyl sites for hydroxylation is 1. The lowest BCUT2D eigenvalue weighted by Gasteiger charge is -2.20. The van der Waals surface area contributed by atoms with Crippen LogP contribution in [0.3, 0.4) is 0 Å². The Kier molecular flexibility index (Phi) is 3.67. The van der Waals surface area contributed by atoms with E-state index in [2.05, 4.69) is 4.74 Å². The van der Waals surface area contributed by atoms with Crippen molar-refractivity contribution in [2.24, 2.45) is 0 Å². The number of phenols is 1. The van der Waals surface area contributed by atoms with Crippen molar-refractivity contribution in [1.82, 2.24) is 0 Å². The SMILES string of the molecule is COC(=O)CCc1ccc(O)c2c1CCCC2. The van der Waals surface area contributed by atoms with E-state index in [9.17, 15) is 9.90 Å². The molecule has 0 atom stereocenters. The molecule has 0 radical (unpaired) electrons. The number of esters is 1. The molecule has 0 bridgehead atoms. The molecule has 0 aromatic heterocycles. The second-order valence-corrected chi connectivity index (χ2v) is 4.48. The van der Waals surface area contributed by atoms with E-state index in [4.69, 9.17) is 0 Å². The number of rotatable bonds is 3. The number of carbonyl (C=O) groups is 1. The molecule has 0 heterocycles. The van der Waals surface area contributed by atoms with Gasteiger partial charge in [-0.15, -0.1) is 0 Å². The molecule has 0 unspecified atom stereocenters. The third-order valence-corrected chi connectivity index (χ3v) is 3.43. The molecule has 2 rings (SSSR count). The second kappa shape index (κ2) is 5.21. The maximum absolute atomic E-state index is 11.1. The number of benzene rings is 1. The molecule has 1 aliphatic carbocycles. The van der Waals surface area contributed by atoms with Crippen molar-refractivity contribution in [2.75, 3.05) is 7.11 Å². The number of phenolic OH excluding ortho intramolecular Hbond substituents is 1. The highest BCUT2D eigenvalue weighted by atomic mass is 16.5. The third-order valence-electron chi connectivity index (χ3n) is 3.43. The van der Waals surface area contributed by atoms with Gasteiger partial charge in [0, 0.05) is 6.42 Å². The van der Waals surface area contributed by atoms with Crippen LogP contribution in [-0.2, 0) is 28.8 Å². The number of carbonyl (C=O) groups excluding carboxylic acids is 1. The van der Waals surface area contributed by atoms with Gasteiger partial charge in [0.15, 0.2) is 0 Å². The van der Waals surface area contributed by atoms with Crippen LogP contribution in [0, 0.1) is 0 Å². The van der Waals surface area contributed by atoms with Crippen LogP contribution in [0.5, 0.6) is 5.75 Å². The van der Waals surface area contributed by atoms with Gasteiger partial charge in [0.1, 0.15) is 5.75 Å². The maximum atomic E-state index is 11.1.